The van der Waals surface area contributed by atoms with Crippen LogP contribution in [0.15, 0.2) is 30.6 Å². The highest BCUT2D eigenvalue weighted by Crippen LogP contribution is 2.45. The molecule has 196 valence electrons. The lowest BCUT2D eigenvalue weighted by Crippen LogP contribution is -2.57. The van der Waals surface area contributed by atoms with Gasteiger partial charge in [-0.3, -0.25) is 4.79 Å². The highest BCUT2D eigenvalue weighted by Gasteiger charge is 2.50. The summed E-state index contributed by atoms with van der Waals surface area (Å²) in [6.07, 6.45) is 3.22. The van der Waals surface area contributed by atoms with Gasteiger partial charge in [0.1, 0.15) is 16.9 Å². The van der Waals surface area contributed by atoms with Gasteiger partial charge in [0.25, 0.3) is 5.91 Å². The van der Waals surface area contributed by atoms with E-state index in [0.717, 1.165) is 0 Å². The average molecular weight is 512 g/mol. The summed E-state index contributed by atoms with van der Waals surface area (Å²) >= 11 is 0. The second-order valence-electron chi connectivity index (χ2n) is 9.84. The number of aliphatic hydroxyl groups is 1. The van der Waals surface area contributed by atoms with E-state index in [1.54, 1.807) is 47.0 Å². The molecule has 0 bridgehead atoms. The monoisotopic (exact) mass is 511 g/mol. The van der Waals surface area contributed by atoms with E-state index < -0.39 is 29.8 Å². The first-order valence-electron chi connectivity index (χ1n) is 11.9. The van der Waals surface area contributed by atoms with Crippen molar-refractivity contribution in [3.8, 4) is 5.75 Å². The van der Waals surface area contributed by atoms with Gasteiger partial charge in [-0.05, 0) is 38.0 Å². The zero-order valence-corrected chi connectivity index (χ0v) is 20.3. The van der Waals surface area contributed by atoms with E-state index in [-0.39, 0.29) is 24.3 Å². The zero-order chi connectivity index (χ0) is 26.4. The number of imidazole rings is 1. The van der Waals surface area contributed by atoms with Crippen molar-refractivity contribution in [2.24, 2.45) is 0 Å². The maximum Gasteiger partial charge on any atom is 0.341 e. The van der Waals surface area contributed by atoms with Crippen molar-refractivity contribution in [2.75, 3.05) is 37.8 Å². The van der Waals surface area contributed by atoms with Crippen molar-refractivity contribution in [1.29, 1.82) is 0 Å². The molecule has 1 amide bonds. The molecule has 1 aromatic carbocycles. The van der Waals surface area contributed by atoms with Gasteiger partial charge in [-0.1, -0.05) is 6.07 Å². The number of carbonyl (C=O) groups is 2. The van der Waals surface area contributed by atoms with Gasteiger partial charge < -0.3 is 40.6 Å². The predicted molar refractivity (Wildman–Crippen MR) is 132 cm³/mol. The SMILES string of the molecule is C[C@]1(O)COC2(CCN(C(=O)c3cccc(OCC(=O)O)c3)CC2)C[C@@H]1n1cnc2c(N)nc(N)nc21. The number of nitrogen functional groups attached to an aromatic ring is 2. The number of carboxylic acid groups (broad SMARTS) is 1. The maximum absolute atomic E-state index is 13.1. The fourth-order valence-corrected chi connectivity index (χ4v) is 5.12. The third-order valence-electron chi connectivity index (χ3n) is 7.16. The number of fused-ring (bicyclic) bond motifs is 1. The minimum atomic E-state index is -1.20. The van der Waals surface area contributed by atoms with Crippen LogP contribution >= 0.6 is 0 Å². The molecule has 2 aliphatic rings. The molecule has 2 aliphatic heterocycles. The fraction of sp³-hybridized carbons (Fsp3) is 0.458. The number of aliphatic carboxylic acids is 1. The number of anilines is 2. The van der Waals surface area contributed by atoms with Crippen molar-refractivity contribution in [3.63, 3.8) is 0 Å². The Balaban J connectivity index is 1.31. The molecule has 2 aromatic heterocycles. The van der Waals surface area contributed by atoms with Gasteiger partial charge in [0, 0.05) is 25.1 Å². The number of hydrogen-bond donors (Lipinski definition) is 4. The van der Waals surface area contributed by atoms with Gasteiger partial charge in [0.05, 0.1) is 24.6 Å². The number of benzene rings is 1. The van der Waals surface area contributed by atoms with Crippen LogP contribution in [0.25, 0.3) is 11.2 Å². The number of carbonyl (C=O) groups excluding carboxylic acids is 1. The number of nitrogens with two attached hydrogens (primary N) is 2. The van der Waals surface area contributed by atoms with Crippen LogP contribution in [0.2, 0.25) is 0 Å². The van der Waals surface area contributed by atoms with E-state index in [0.29, 0.717) is 54.8 Å². The topological polar surface area (TPSA) is 192 Å². The van der Waals surface area contributed by atoms with Crippen molar-refractivity contribution >= 4 is 34.8 Å². The number of hydrogen-bond acceptors (Lipinski definition) is 10. The molecule has 0 radical (unpaired) electrons. The van der Waals surface area contributed by atoms with Crippen LogP contribution < -0.4 is 16.2 Å². The molecule has 6 N–H and O–H groups in total. The van der Waals surface area contributed by atoms with Crippen LogP contribution in [0.1, 0.15) is 42.6 Å². The molecule has 2 atom stereocenters. The van der Waals surface area contributed by atoms with Crippen LogP contribution in [0, 0.1) is 0 Å². The zero-order valence-electron chi connectivity index (χ0n) is 20.3. The molecule has 0 unspecified atom stereocenters. The van der Waals surface area contributed by atoms with E-state index >= 15 is 0 Å². The summed E-state index contributed by atoms with van der Waals surface area (Å²) in [5.74, 6) is -0.742. The Morgan fingerprint density at radius 3 is 2.73 bits per heavy atom. The molecule has 13 heteroatoms. The number of ether oxygens (including phenoxy) is 2. The van der Waals surface area contributed by atoms with Crippen molar-refractivity contribution in [2.45, 2.75) is 43.4 Å². The van der Waals surface area contributed by atoms with E-state index in [9.17, 15) is 14.7 Å². The largest absolute Gasteiger partial charge is 0.482 e. The summed E-state index contributed by atoms with van der Waals surface area (Å²) in [6, 6.07) is 6.08. The van der Waals surface area contributed by atoms with Gasteiger partial charge in [0.15, 0.2) is 18.1 Å². The smallest absolute Gasteiger partial charge is 0.341 e. The Kier molecular flexibility index (Phi) is 6.12. The molecular weight excluding hydrogens is 482 g/mol. The highest BCUT2D eigenvalue weighted by atomic mass is 16.5. The number of piperidine rings is 1. The minimum absolute atomic E-state index is 0.0254. The second-order valence-corrected chi connectivity index (χ2v) is 9.84. The van der Waals surface area contributed by atoms with Crippen LogP contribution in [0.3, 0.4) is 0 Å². The third-order valence-corrected chi connectivity index (χ3v) is 7.16. The Labute approximate surface area is 212 Å². The maximum atomic E-state index is 13.1. The van der Waals surface area contributed by atoms with Gasteiger partial charge in [-0.15, -0.1) is 0 Å². The number of nitrogens with zero attached hydrogens (tertiary/aromatic N) is 5. The Morgan fingerprint density at radius 2 is 2.00 bits per heavy atom. The molecular formula is C24H29N7O6. The standard InChI is InChI=1S/C24H29N7O6/c1-23(35)12-37-24(10-16(23)31-13-27-18-19(25)28-22(26)29-20(18)31)5-7-30(8-6-24)21(34)14-3-2-4-15(9-14)36-11-17(32)33/h2-4,9,13,16,35H,5-8,10-12H2,1H3,(H,32,33)(H4,25,26,28,29)/t16-,23-/m0/s1. The Bertz CT molecular complexity index is 1350. The molecule has 2 saturated heterocycles. The van der Waals surface area contributed by atoms with E-state index in [1.165, 1.54) is 0 Å². The van der Waals surface area contributed by atoms with Crippen LogP contribution in [-0.2, 0) is 9.53 Å². The molecule has 3 aromatic rings. The number of aromatic nitrogens is 4. The number of amides is 1. The molecule has 1 spiro atoms. The molecule has 37 heavy (non-hydrogen) atoms. The molecule has 0 aliphatic carbocycles. The fourth-order valence-electron chi connectivity index (χ4n) is 5.12. The summed E-state index contributed by atoms with van der Waals surface area (Å²) in [5.41, 5.74) is 11.3. The third kappa shape index (κ3) is 4.74. The van der Waals surface area contributed by atoms with Gasteiger partial charge >= 0.3 is 5.97 Å². The quantitative estimate of drug-likeness (QED) is 0.379. The lowest BCUT2D eigenvalue weighted by atomic mass is 9.77. The van der Waals surface area contributed by atoms with Crippen LogP contribution in [-0.4, -0.2) is 84.0 Å². The highest BCUT2D eigenvalue weighted by molar-refractivity contribution is 5.94. The van der Waals surface area contributed by atoms with Gasteiger partial charge in [-0.2, -0.15) is 9.97 Å². The Morgan fingerprint density at radius 1 is 1.24 bits per heavy atom. The summed E-state index contributed by atoms with van der Waals surface area (Å²) in [4.78, 5) is 38.3. The first-order chi connectivity index (χ1) is 17.6. The second kappa shape index (κ2) is 9.16. The first-order valence-corrected chi connectivity index (χ1v) is 11.9. The van der Waals surface area contributed by atoms with E-state index in [1.807, 2.05) is 0 Å². The lowest BCUT2D eigenvalue weighted by Gasteiger charge is -2.51. The first kappa shape index (κ1) is 24.7. The normalized spacial score (nSPS) is 23.3. The number of likely N-dealkylation sites (tertiary alicyclic amines) is 1. The van der Waals surface area contributed by atoms with Crippen molar-refractivity contribution in [1.82, 2.24) is 24.4 Å². The van der Waals surface area contributed by atoms with Gasteiger partial charge in [-0.25, -0.2) is 9.78 Å². The average Bonchev–Trinajstić information content (AvgIpc) is 3.28. The van der Waals surface area contributed by atoms with Crippen molar-refractivity contribution < 1.29 is 29.3 Å². The summed E-state index contributed by atoms with van der Waals surface area (Å²) in [5, 5.41) is 20.0. The number of rotatable bonds is 5. The summed E-state index contributed by atoms with van der Waals surface area (Å²) in [7, 11) is 0. The lowest BCUT2D eigenvalue weighted by molar-refractivity contribution is -0.198. The van der Waals surface area contributed by atoms with Crippen molar-refractivity contribution in [3.05, 3.63) is 36.2 Å². The molecule has 4 heterocycles. The summed E-state index contributed by atoms with van der Waals surface area (Å²) < 4.78 is 13.2. The van der Waals surface area contributed by atoms with E-state index in [2.05, 4.69) is 15.0 Å². The predicted octanol–water partition coefficient (Wildman–Crippen LogP) is 0.842. The molecule has 0 saturated carbocycles. The summed E-state index contributed by atoms with van der Waals surface area (Å²) in [6.45, 7) is 2.25. The Hall–Kier alpha value is -3.97. The van der Waals surface area contributed by atoms with Gasteiger partial charge in [0.2, 0.25) is 5.95 Å². The number of carboxylic acids is 1. The van der Waals surface area contributed by atoms with Crippen LogP contribution in [0.5, 0.6) is 5.75 Å². The van der Waals surface area contributed by atoms with E-state index in [4.69, 9.17) is 26.0 Å². The van der Waals surface area contributed by atoms with Crippen LogP contribution in [0.4, 0.5) is 11.8 Å². The minimum Gasteiger partial charge on any atom is -0.482 e. The molecule has 13 nitrogen and oxygen atoms in total. The molecule has 5 rings (SSSR count). The molecule has 2 fully saturated rings.